The van der Waals surface area contributed by atoms with E-state index in [1.807, 2.05) is 61.5 Å². The van der Waals surface area contributed by atoms with Crippen LogP contribution < -0.4 is 10.6 Å². The highest BCUT2D eigenvalue weighted by Gasteiger charge is 2.10. The lowest BCUT2D eigenvalue weighted by Crippen LogP contribution is -2.39. The summed E-state index contributed by atoms with van der Waals surface area (Å²) in [5.41, 5.74) is 2.97. The number of carbonyl (C=O) groups is 3. The van der Waals surface area contributed by atoms with Gasteiger partial charge < -0.3 is 15.4 Å². The van der Waals surface area contributed by atoms with Crippen LogP contribution in [0, 0.1) is 0 Å². The Kier molecular flexibility index (Phi) is 8.03. The number of esters is 1. The molecule has 0 saturated carbocycles. The Bertz CT molecular complexity index is 758. The van der Waals surface area contributed by atoms with Crippen molar-refractivity contribution in [2.75, 3.05) is 19.7 Å². The van der Waals surface area contributed by atoms with Crippen LogP contribution in [0.3, 0.4) is 0 Å². The van der Waals surface area contributed by atoms with E-state index in [1.165, 1.54) is 0 Å². The fraction of sp³-hybridized carbons (Fsp3) is 0.286. The first-order chi connectivity index (χ1) is 13.1. The van der Waals surface area contributed by atoms with Gasteiger partial charge in [-0.3, -0.25) is 14.4 Å². The maximum absolute atomic E-state index is 11.9. The summed E-state index contributed by atoms with van der Waals surface area (Å²) < 4.78 is 4.95. The first-order valence-corrected chi connectivity index (χ1v) is 8.92. The molecule has 0 unspecified atom stereocenters. The Morgan fingerprint density at radius 2 is 1.52 bits per heavy atom. The summed E-state index contributed by atoms with van der Waals surface area (Å²) in [4.78, 5) is 34.9. The zero-order chi connectivity index (χ0) is 19.5. The summed E-state index contributed by atoms with van der Waals surface area (Å²) in [6, 6.07) is 17.6. The van der Waals surface area contributed by atoms with Crippen molar-refractivity contribution in [2.24, 2.45) is 0 Å². The lowest BCUT2D eigenvalue weighted by Gasteiger charge is -2.08. The van der Waals surface area contributed by atoms with E-state index in [0.29, 0.717) is 6.54 Å². The van der Waals surface area contributed by atoms with Crippen LogP contribution in [0.5, 0.6) is 0 Å². The topological polar surface area (TPSA) is 84.5 Å². The van der Waals surface area contributed by atoms with Gasteiger partial charge >= 0.3 is 5.97 Å². The Morgan fingerprint density at radius 1 is 0.852 bits per heavy atom. The number of rotatable bonds is 9. The second-order valence-corrected chi connectivity index (χ2v) is 6.03. The van der Waals surface area contributed by atoms with Gasteiger partial charge in [0.05, 0.1) is 13.0 Å². The average molecular weight is 368 g/mol. The first-order valence-electron chi connectivity index (χ1n) is 8.92. The standard InChI is InChI=1S/C21H24N2O4/c1-2-12-22-19(24)14-23-20(25)15-27-21(26)13-16-8-10-18(11-9-16)17-6-4-3-5-7-17/h3-11H,2,12-15H2,1H3,(H,22,24)(H,23,25). The van der Waals surface area contributed by atoms with E-state index in [2.05, 4.69) is 10.6 Å². The van der Waals surface area contributed by atoms with Crippen molar-refractivity contribution in [3.05, 3.63) is 60.2 Å². The van der Waals surface area contributed by atoms with Crippen LogP contribution in [0.1, 0.15) is 18.9 Å². The van der Waals surface area contributed by atoms with Gasteiger partial charge in [-0.1, -0.05) is 61.5 Å². The molecule has 0 atom stereocenters. The normalized spacial score (nSPS) is 10.1. The van der Waals surface area contributed by atoms with E-state index < -0.39 is 18.5 Å². The van der Waals surface area contributed by atoms with Crippen molar-refractivity contribution in [1.82, 2.24) is 10.6 Å². The lowest BCUT2D eigenvalue weighted by atomic mass is 10.0. The van der Waals surface area contributed by atoms with Gasteiger partial charge in [0.1, 0.15) is 0 Å². The van der Waals surface area contributed by atoms with E-state index in [1.54, 1.807) is 0 Å². The third-order valence-corrected chi connectivity index (χ3v) is 3.79. The average Bonchev–Trinajstić information content (AvgIpc) is 2.70. The molecule has 6 nitrogen and oxygen atoms in total. The molecule has 2 N–H and O–H groups in total. The minimum atomic E-state index is -0.505. The van der Waals surface area contributed by atoms with Crippen LogP contribution in [-0.2, 0) is 25.5 Å². The van der Waals surface area contributed by atoms with Crippen LogP contribution in [0.25, 0.3) is 11.1 Å². The van der Waals surface area contributed by atoms with Crippen LogP contribution in [-0.4, -0.2) is 37.5 Å². The first kappa shape index (κ1) is 20.2. The van der Waals surface area contributed by atoms with Crippen molar-refractivity contribution in [2.45, 2.75) is 19.8 Å². The smallest absolute Gasteiger partial charge is 0.310 e. The highest BCUT2D eigenvalue weighted by atomic mass is 16.5. The highest BCUT2D eigenvalue weighted by Crippen LogP contribution is 2.19. The van der Waals surface area contributed by atoms with Gasteiger partial charge in [-0.15, -0.1) is 0 Å². The Labute approximate surface area is 158 Å². The maximum atomic E-state index is 11.9. The summed E-state index contributed by atoms with van der Waals surface area (Å²) in [6.45, 7) is 1.97. The second-order valence-electron chi connectivity index (χ2n) is 6.03. The molecule has 0 aromatic heterocycles. The van der Waals surface area contributed by atoms with Gasteiger partial charge in [0, 0.05) is 6.54 Å². The zero-order valence-corrected chi connectivity index (χ0v) is 15.4. The van der Waals surface area contributed by atoms with Gasteiger partial charge in [-0.05, 0) is 23.1 Å². The molecule has 0 radical (unpaired) electrons. The molecular formula is C21H24N2O4. The third-order valence-electron chi connectivity index (χ3n) is 3.79. The van der Waals surface area contributed by atoms with Gasteiger partial charge in [0.2, 0.25) is 5.91 Å². The Hall–Kier alpha value is -3.15. The van der Waals surface area contributed by atoms with Crippen LogP contribution >= 0.6 is 0 Å². The summed E-state index contributed by atoms with van der Waals surface area (Å²) in [5.74, 6) is -1.27. The monoisotopic (exact) mass is 368 g/mol. The van der Waals surface area contributed by atoms with Crippen molar-refractivity contribution < 1.29 is 19.1 Å². The number of nitrogens with one attached hydrogen (secondary N) is 2. The molecule has 0 bridgehead atoms. The molecule has 2 rings (SSSR count). The highest BCUT2D eigenvalue weighted by molar-refractivity contribution is 5.86. The number of amides is 2. The Balaban J connectivity index is 1.72. The molecule has 142 valence electrons. The molecule has 0 fully saturated rings. The number of carbonyl (C=O) groups excluding carboxylic acids is 3. The molecular weight excluding hydrogens is 344 g/mol. The van der Waals surface area contributed by atoms with Crippen LogP contribution in [0.15, 0.2) is 54.6 Å². The number of hydrogen-bond donors (Lipinski definition) is 2. The lowest BCUT2D eigenvalue weighted by molar-refractivity contribution is -0.147. The fourth-order valence-corrected chi connectivity index (χ4v) is 2.37. The largest absolute Gasteiger partial charge is 0.455 e. The molecule has 2 aromatic rings. The number of hydrogen-bond acceptors (Lipinski definition) is 4. The molecule has 0 saturated heterocycles. The third kappa shape index (κ3) is 7.32. The maximum Gasteiger partial charge on any atom is 0.310 e. The molecule has 0 aliphatic heterocycles. The number of ether oxygens (including phenoxy) is 1. The van der Waals surface area contributed by atoms with Crippen molar-refractivity contribution >= 4 is 17.8 Å². The van der Waals surface area contributed by atoms with Gasteiger partial charge in [0.25, 0.3) is 5.91 Å². The van der Waals surface area contributed by atoms with Gasteiger partial charge in [-0.2, -0.15) is 0 Å². The molecule has 2 amide bonds. The van der Waals surface area contributed by atoms with Crippen molar-refractivity contribution in [3.63, 3.8) is 0 Å². The molecule has 0 heterocycles. The van der Waals surface area contributed by atoms with E-state index in [9.17, 15) is 14.4 Å². The van der Waals surface area contributed by atoms with Gasteiger partial charge in [0.15, 0.2) is 6.61 Å². The molecule has 27 heavy (non-hydrogen) atoms. The minimum Gasteiger partial charge on any atom is -0.455 e. The van der Waals surface area contributed by atoms with Crippen LogP contribution in [0.4, 0.5) is 0 Å². The fourth-order valence-electron chi connectivity index (χ4n) is 2.37. The summed E-state index contributed by atoms with van der Waals surface area (Å²) in [6.07, 6.45) is 0.906. The predicted octanol–water partition coefficient (Wildman–Crippen LogP) is 2.08. The number of benzene rings is 2. The van der Waals surface area contributed by atoms with Crippen molar-refractivity contribution in [3.8, 4) is 11.1 Å². The molecule has 6 heteroatoms. The molecule has 0 spiro atoms. The van der Waals surface area contributed by atoms with E-state index in [0.717, 1.165) is 23.1 Å². The van der Waals surface area contributed by atoms with Crippen LogP contribution in [0.2, 0.25) is 0 Å². The van der Waals surface area contributed by atoms with Gasteiger partial charge in [-0.25, -0.2) is 0 Å². The summed E-state index contributed by atoms with van der Waals surface area (Å²) in [5, 5.41) is 5.05. The van der Waals surface area contributed by atoms with E-state index >= 15 is 0 Å². The van der Waals surface area contributed by atoms with Crippen molar-refractivity contribution in [1.29, 1.82) is 0 Å². The molecule has 0 aliphatic rings. The zero-order valence-electron chi connectivity index (χ0n) is 15.4. The van der Waals surface area contributed by atoms with E-state index in [-0.39, 0.29) is 18.9 Å². The summed E-state index contributed by atoms with van der Waals surface area (Å²) >= 11 is 0. The SMILES string of the molecule is CCCNC(=O)CNC(=O)COC(=O)Cc1ccc(-c2ccccc2)cc1. The van der Waals surface area contributed by atoms with E-state index in [4.69, 9.17) is 4.74 Å². The molecule has 0 aliphatic carbocycles. The summed E-state index contributed by atoms with van der Waals surface area (Å²) in [7, 11) is 0. The Morgan fingerprint density at radius 3 is 2.19 bits per heavy atom. The molecule has 2 aromatic carbocycles. The second kappa shape index (κ2) is 10.8. The predicted molar refractivity (Wildman–Crippen MR) is 103 cm³/mol. The minimum absolute atomic E-state index is 0.0827. The quantitative estimate of drug-likeness (QED) is 0.664.